The SMILES string of the molecule is CCNC(c1cc(F)cc(F)c1)C(C)C. The lowest BCUT2D eigenvalue weighted by Crippen LogP contribution is -2.25. The van der Waals surface area contributed by atoms with Crippen LogP contribution in [0.1, 0.15) is 32.4 Å². The summed E-state index contributed by atoms with van der Waals surface area (Å²) in [5.74, 6) is -0.742. The number of halogens is 2. The average Bonchev–Trinajstić information content (AvgIpc) is 2.11. The van der Waals surface area contributed by atoms with Crippen molar-refractivity contribution in [1.29, 1.82) is 0 Å². The van der Waals surface area contributed by atoms with Gasteiger partial charge in [-0.15, -0.1) is 0 Å². The zero-order chi connectivity index (χ0) is 11.4. The van der Waals surface area contributed by atoms with Gasteiger partial charge >= 0.3 is 0 Å². The summed E-state index contributed by atoms with van der Waals surface area (Å²) < 4.78 is 26.0. The quantitative estimate of drug-likeness (QED) is 0.809. The van der Waals surface area contributed by atoms with Crippen LogP contribution >= 0.6 is 0 Å². The molecule has 84 valence electrons. The van der Waals surface area contributed by atoms with Gasteiger partial charge in [-0.3, -0.25) is 0 Å². The molecule has 0 spiro atoms. The standard InChI is InChI=1S/C12H17F2N/c1-4-15-12(8(2)3)9-5-10(13)7-11(14)6-9/h5-8,12,15H,4H2,1-3H3. The molecule has 3 heteroatoms. The summed E-state index contributed by atoms with van der Waals surface area (Å²) in [7, 11) is 0. The molecule has 15 heavy (non-hydrogen) atoms. The molecule has 0 fully saturated rings. The van der Waals surface area contributed by atoms with E-state index >= 15 is 0 Å². The molecule has 0 heterocycles. The van der Waals surface area contributed by atoms with Gasteiger partial charge in [0.25, 0.3) is 0 Å². The van der Waals surface area contributed by atoms with E-state index in [2.05, 4.69) is 5.32 Å². The minimum atomic E-state index is -0.520. The fraction of sp³-hybridized carbons (Fsp3) is 0.500. The maximum absolute atomic E-state index is 13.0. The van der Waals surface area contributed by atoms with E-state index in [1.54, 1.807) is 0 Å². The number of benzene rings is 1. The Bertz CT molecular complexity index is 303. The van der Waals surface area contributed by atoms with Crippen LogP contribution in [-0.4, -0.2) is 6.54 Å². The molecule has 0 aromatic heterocycles. The van der Waals surface area contributed by atoms with Crippen molar-refractivity contribution >= 4 is 0 Å². The van der Waals surface area contributed by atoms with Gasteiger partial charge < -0.3 is 5.32 Å². The molecule has 1 atom stereocenters. The van der Waals surface area contributed by atoms with Gasteiger partial charge in [0.2, 0.25) is 0 Å². The average molecular weight is 213 g/mol. The lowest BCUT2D eigenvalue weighted by molar-refractivity contribution is 0.417. The van der Waals surface area contributed by atoms with Crippen LogP contribution in [0.15, 0.2) is 18.2 Å². The van der Waals surface area contributed by atoms with Crippen LogP contribution in [0.3, 0.4) is 0 Å². The van der Waals surface area contributed by atoms with Crippen molar-refractivity contribution in [2.45, 2.75) is 26.8 Å². The lowest BCUT2D eigenvalue weighted by atomic mass is 9.96. The van der Waals surface area contributed by atoms with E-state index in [-0.39, 0.29) is 6.04 Å². The summed E-state index contributed by atoms with van der Waals surface area (Å²) in [6.07, 6.45) is 0. The van der Waals surface area contributed by atoms with Crippen LogP contribution in [-0.2, 0) is 0 Å². The van der Waals surface area contributed by atoms with Gasteiger partial charge in [0.05, 0.1) is 0 Å². The van der Waals surface area contributed by atoms with Crippen LogP contribution < -0.4 is 5.32 Å². The van der Waals surface area contributed by atoms with Crippen molar-refractivity contribution in [1.82, 2.24) is 5.32 Å². The molecular weight excluding hydrogens is 196 g/mol. The maximum Gasteiger partial charge on any atom is 0.126 e. The highest BCUT2D eigenvalue weighted by atomic mass is 19.1. The summed E-state index contributed by atoms with van der Waals surface area (Å²) in [6, 6.07) is 3.67. The third kappa shape index (κ3) is 3.27. The van der Waals surface area contributed by atoms with Crippen LogP contribution in [0.2, 0.25) is 0 Å². The van der Waals surface area contributed by atoms with Crippen molar-refractivity contribution in [3.8, 4) is 0 Å². The van der Waals surface area contributed by atoms with Crippen molar-refractivity contribution in [3.63, 3.8) is 0 Å². The Labute approximate surface area is 89.5 Å². The molecule has 0 aliphatic rings. The first-order valence-corrected chi connectivity index (χ1v) is 5.24. The predicted octanol–water partition coefficient (Wildman–Crippen LogP) is 3.27. The normalized spacial score (nSPS) is 13.2. The Morgan fingerprint density at radius 1 is 1.13 bits per heavy atom. The summed E-state index contributed by atoms with van der Waals surface area (Å²) in [5.41, 5.74) is 0.671. The molecule has 0 saturated carbocycles. The molecule has 1 aromatic carbocycles. The molecule has 0 saturated heterocycles. The lowest BCUT2D eigenvalue weighted by Gasteiger charge is -2.22. The number of nitrogens with one attached hydrogen (secondary N) is 1. The molecule has 0 aliphatic heterocycles. The van der Waals surface area contributed by atoms with E-state index < -0.39 is 11.6 Å². The summed E-state index contributed by atoms with van der Waals surface area (Å²) in [5, 5.41) is 3.22. The van der Waals surface area contributed by atoms with Gasteiger partial charge in [0.1, 0.15) is 11.6 Å². The third-order valence-electron chi connectivity index (χ3n) is 2.33. The molecule has 0 aliphatic carbocycles. The van der Waals surface area contributed by atoms with E-state index in [0.29, 0.717) is 11.5 Å². The van der Waals surface area contributed by atoms with E-state index in [9.17, 15) is 8.78 Å². The minimum absolute atomic E-state index is 0.000185. The van der Waals surface area contributed by atoms with Crippen molar-refractivity contribution in [2.24, 2.45) is 5.92 Å². The van der Waals surface area contributed by atoms with Gasteiger partial charge in [-0.05, 0) is 30.2 Å². The highest BCUT2D eigenvalue weighted by Gasteiger charge is 2.15. The molecule has 0 amide bonds. The Kier molecular flexibility index (Phi) is 4.21. The van der Waals surface area contributed by atoms with Crippen molar-refractivity contribution in [3.05, 3.63) is 35.4 Å². The number of hydrogen-bond acceptors (Lipinski definition) is 1. The molecule has 1 nitrogen and oxygen atoms in total. The zero-order valence-electron chi connectivity index (χ0n) is 9.35. The largest absolute Gasteiger partial charge is 0.310 e. The predicted molar refractivity (Wildman–Crippen MR) is 57.6 cm³/mol. The van der Waals surface area contributed by atoms with Crippen LogP contribution in [0.4, 0.5) is 8.78 Å². The second-order valence-electron chi connectivity index (χ2n) is 3.98. The fourth-order valence-corrected chi connectivity index (χ4v) is 1.71. The van der Waals surface area contributed by atoms with Gasteiger partial charge in [0, 0.05) is 12.1 Å². The van der Waals surface area contributed by atoms with Crippen molar-refractivity contribution < 1.29 is 8.78 Å². The number of rotatable bonds is 4. The van der Waals surface area contributed by atoms with Crippen molar-refractivity contribution in [2.75, 3.05) is 6.54 Å². The van der Waals surface area contributed by atoms with E-state index in [0.717, 1.165) is 12.6 Å². The molecule has 1 rings (SSSR count). The molecule has 0 radical (unpaired) electrons. The molecule has 1 aromatic rings. The maximum atomic E-state index is 13.0. The van der Waals surface area contributed by atoms with Crippen LogP contribution in [0, 0.1) is 17.6 Å². The van der Waals surface area contributed by atoms with E-state index in [4.69, 9.17) is 0 Å². The van der Waals surface area contributed by atoms with E-state index in [1.165, 1.54) is 12.1 Å². The Morgan fingerprint density at radius 3 is 2.07 bits per heavy atom. The second-order valence-corrected chi connectivity index (χ2v) is 3.98. The van der Waals surface area contributed by atoms with Gasteiger partial charge in [-0.2, -0.15) is 0 Å². The zero-order valence-corrected chi connectivity index (χ0v) is 9.35. The first-order valence-electron chi connectivity index (χ1n) is 5.24. The first-order chi connectivity index (χ1) is 7.04. The first kappa shape index (κ1) is 12.1. The van der Waals surface area contributed by atoms with Gasteiger partial charge in [0.15, 0.2) is 0 Å². The highest BCUT2D eigenvalue weighted by molar-refractivity contribution is 5.21. The highest BCUT2D eigenvalue weighted by Crippen LogP contribution is 2.23. The van der Waals surface area contributed by atoms with E-state index in [1.807, 2.05) is 20.8 Å². The Morgan fingerprint density at radius 2 is 1.67 bits per heavy atom. The second kappa shape index (κ2) is 5.21. The van der Waals surface area contributed by atoms with Gasteiger partial charge in [-0.1, -0.05) is 20.8 Å². The minimum Gasteiger partial charge on any atom is -0.310 e. The molecular formula is C12H17F2N. The van der Waals surface area contributed by atoms with Gasteiger partial charge in [-0.25, -0.2) is 8.78 Å². The topological polar surface area (TPSA) is 12.0 Å². The number of hydrogen-bond donors (Lipinski definition) is 1. The smallest absolute Gasteiger partial charge is 0.126 e. The molecule has 1 N–H and O–H groups in total. The van der Waals surface area contributed by atoms with Crippen LogP contribution in [0.25, 0.3) is 0 Å². The molecule has 0 bridgehead atoms. The fourth-order valence-electron chi connectivity index (χ4n) is 1.71. The summed E-state index contributed by atoms with van der Waals surface area (Å²) in [4.78, 5) is 0. The monoisotopic (exact) mass is 213 g/mol. The molecule has 1 unspecified atom stereocenters. The Hall–Kier alpha value is -0.960. The third-order valence-corrected chi connectivity index (χ3v) is 2.33. The summed E-state index contributed by atoms with van der Waals surface area (Å²) in [6.45, 7) is 6.80. The Balaban J connectivity index is 2.99. The summed E-state index contributed by atoms with van der Waals surface area (Å²) >= 11 is 0. The van der Waals surface area contributed by atoms with Crippen LogP contribution in [0.5, 0.6) is 0 Å².